The first-order valence-electron chi connectivity index (χ1n) is 9.90. The number of aliphatic hydroxyl groups excluding tert-OH is 1. The molecule has 3 amide bonds. The summed E-state index contributed by atoms with van der Waals surface area (Å²) >= 11 is 3.99. The quantitative estimate of drug-likeness (QED) is 0.144. The van der Waals surface area contributed by atoms with Gasteiger partial charge in [0, 0.05) is 12.2 Å². The molecule has 0 spiro atoms. The Kier molecular flexibility index (Phi) is 11.3. The summed E-state index contributed by atoms with van der Waals surface area (Å²) in [4.78, 5) is 59.9. The van der Waals surface area contributed by atoms with Gasteiger partial charge < -0.3 is 37.0 Å². The van der Waals surface area contributed by atoms with Crippen molar-refractivity contribution in [3.63, 3.8) is 0 Å². The number of carboxylic acid groups (broad SMARTS) is 2. The molecule has 1 aromatic rings. The maximum absolute atomic E-state index is 12.6. The Labute approximate surface area is 195 Å². The fourth-order valence-corrected chi connectivity index (χ4v) is 2.92. The number of carbonyl (C=O) groups excluding carboxylic acids is 3. The maximum Gasteiger partial charge on any atom is 0.326 e. The predicted molar refractivity (Wildman–Crippen MR) is 119 cm³/mol. The lowest BCUT2D eigenvalue weighted by molar-refractivity contribution is -0.143. The van der Waals surface area contributed by atoms with Crippen molar-refractivity contribution in [3.8, 4) is 0 Å². The van der Waals surface area contributed by atoms with Gasteiger partial charge in [-0.25, -0.2) is 4.79 Å². The SMILES string of the molecule is CC(O)C(N)C(=O)NC(CC(=O)O)C(=O)NC(CS)C(=O)NC(Cc1ccccc1)C(=O)O. The number of thiol groups is 1. The van der Waals surface area contributed by atoms with Gasteiger partial charge >= 0.3 is 11.9 Å². The maximum atomic E-state index is 12.6. The number of rotatable bonds is 13. The van der Waals surface area contributed by atoms with E-state index in [9.17, 15) is 34.2 Å². The molecule has 33 heavy (non-hydrogen) atoms. The summed E-state index contributed by atoms with van der Waals surface area (Å²) < 4.78 is 0. The molecule has 5 unspecified atom stereocenters. The van der Waals surface area contributed by atoms with Crippen LogP contribution < -0.4 is 21.7 Å². The summed E-state index contributed by atoms with van der Waals surface area (Å²) in [7, 11) is 0. The van der Waals surface area contributed by atoms with Gasteiger partial charge in [0.2, 0.25) is 17.7 Å². The largest absolute Gasteiger partial charge is 0.481 e. The number of hydrogen-bond acceptors (Lipinski definition) is 8. The number of nitrogens with two attached hydrogens (primary N) is 1. The fraction of sp³-hybridized carbons (Fsp3) is 0.450. The molecule has 1 rings (SSSR count). The highest BCUT2D eigenvalue weighted by atomic mass is 32.1. The van der Waals surface area contributed by atoms with Crippen LogP contribution in [0.2, 0.25) is 0 Å². The number of benzene rings is 1. The monoisotopic (exact) mass is 484 g/mol. The number of nitrogens with one attached hydrogen (secondary N) is 3. The molecule has 182 valence electrons. The molecule has 0 aromatic heterocycles. The smallest absolute Gasteiger partial charge is 0.326 e. The molecule has 8 N–H and O–H groups in total. The van der Waals surface area contributed by atoms with Gasteiger partial charge in [0.15, 0.2) is 0 Å². The molecule has 1 aromatic carbocycles. The molecule has 0 bridgehead atoms. The number of aliphatic carboxylic acids is 2. The highest BCUT2D eigenvalue weighted by Gasteiger charge is 2.31. The van der Waals surface area contributed by atoms with E-state index >= 15 is 0 Å². The first-order valence-corrected chi connectivity index (χ1v) is 10.5. The lowest BCUT2D eigenvalue weighted by Gasteiger charge is -2.24. The highest BCUT2D eigenvalue weighted by molar-refractivity contribution is 7.80. The van der Waals surface area contributed by atoms with Crippen LogP contribution in [0.15, 0.2) is 30.3 Å². The Bertz CT molecular complexity index is 852. The van der Waals surface area contributed by atoms with Crippen LogP contribution in [0.1, 0.15) is 18.9 Å². The Hall–Kier alpha value is -3.16. The Morgan fingerprint density at radius 2 is 1.42 bits per heavy atom. The van der Waals surface area contributed by atoms with Crippen LogP contribution in [0.5, 0.6) is 0 Å². The Balaban J connectivity index is 2.88. The highest BCUT2D eigenvalue weighted by Crippen LogP contribution is 2.05. The third-order valence-corrected chi connectivity index (χ3v) is 4.91. The van der Waals surface area contributed by atoms with Crippen LogP contribution in [-0.2, 0) is 30.4 Å². The van der Waals surface area contributed by atoms with Crippen molar-refractivity contribution < 1.29 is 39.3 Å². The van der Waals surface area contributed by atoms with Crippen molar-refractivity contribution >= 4 is 42.3 Å². The third-order valence-electron chi connectivity index (χ3n) is 4.55. The van der Waals surface area contributed by atoms with Gasteiger partial charge in [-0.3, -0.25) is 19.2 Å². The number of carboxylic acids is 2. The first-order chi connectivity index (χ1) is 15.5. The van der Waals surface area contributed by atoms with Crippen LogP contribution in [-0.4, -0.2) is 81.0 Å². The summed E-state index contributed by atoms with van der Waals surface area (Å²) in [5.74, 6) is -5.79. The van der Waals surface area contributed by atoms with Crippen LogP contribution in [0.4, 0.5) is 0 Å². The van der Waals surface area contributed by atoms with E-state index in [4.69, 9.17) is 10.8 Å². The van der Waals surface area contributed by atoms with E-state index in [1.54, 1.807) is 30.3 Å². The molecule has 5 atom stereocenters. The predicted octanol–water partition coefficient (Wildman–Crippen LogP) is -2.12. The molecule has 0 saturated heterocycles. The molecular formula is C20H28N4O8S. The van der Waals surface area contributed by atoms with Gasteiger partial charge in [-0.1, -0.05) is 30.3 Å². The van der Waals surface area contributed by atoms with Gasteiger partial charge in [0.1, 0.15) is 24.2 Å². The lowest BCUT2D eigenvalue weighted by Crippen LogP contribution is -2.59. The van der Waals surface area contributed by atoms with Gasteiger partial charge in [-0.05, 0) is 12.5 Å². The minimum atomic E-state index is -1.60. The first kappa shape index (κ1) is 27.9. The van der Waals surface area contributed by atoms with Gasteiger partial charge in [0.25, 0.3) is 0 Å². The van der Waals surface area contributed by atoms with Crippen LogP contribution >= 0.6 is 12.6 Å². The fourth-order valence-electron chi connectivity index (χ4n) is 2.66. The van der Waals surface area contributed by atoms with Crippen molar-refractivity contribution in [1.82, 2.24) is 16.0 Å². The average Bonchev–Trinajstić information content (AvgIpc) is 2.75. The van der Waals surface area contributed by atoms with Gasteiger partial charge in [0.05, 0.1) is 12.5 Å². The van der Waals surface area contributed by atoms with Crippen molar-refractivity contribution in [3.05, 3.63) is 35.9 Å². The number of hydrogen-bond donors (Lipinski definition) is 8. The zero-order chi connectivity index (χ0) is 25.1. The molecule has 0 fully saturated rings. The van der Waals surface area contributed by atoms with E-state index in [1.165, 1.54) is 6.92 Å². The zero-order valence-corrected chi connectivity index (χ0v) is 18.7. The summed E-state index contributed by atoms with van der Waals surface area (Å²) in [6.45, 7) is 1.24. The molecular weight excluding hydrogens is 456 g/mol. The van der Waals surface area contributed by atoms with E-state index in [0.717, 1.165) is 0 Å². The van der Waals surface area contributed by atoms with E-state index in [2.05, 4.69) is 28.6 Å². The van der Waals surface area contributed by atoms with E-state index < -0.39 is 66.4 Å². The molecule has 0 aliphatic rings. The summed E-state index contributed by atoms with van der Waals surface area (Å²) in [6, 6.07) is 2.94. The molecule has 12 nitrogen and oxygen atoms in total. The lowest BCUT2D eigenvalue weighted by atomic mass is 10.1. The minimum absolute atomic E-state index is 0.00984. The zero-order valence-electron chi connectivity index (χ0n) is 17.8. The van der Waals surface area contributed by atoms with Crippen molar-refractivity contribution in [2.45, 2.75) is 50.0 Å². The number of aliphatic hydroxyl groups is 1. The van der Waals surface area contributed by atoms with Crippen molar-refractivity contribution in [1.29, 1.82) is 0 Å². The molecule has 13 heteroatoms. The molecule has 0 saturated carbocycles. The normalized spacial score (nSPS) is 15.3. The van der Waals surface area contributed by atoms with Crippen LogP contribution in [0, 0.1) is 0 Å². The van der Waals surface area contributed by atoms with Crippen LogP contribution in [0.25, 0.3) is 0 Å². The molecule has 0 aliphatic heterocycles. The number of carbonyl (C=O) groups is 5. The summed E-state index contributed by atoms with van der Waals surface area (Å²) in [5.41, 5.74) is 6.15. The Morgan fingerprint density at radius 1 is 0.909 bits per heavy atom. The second kappa shape index (κ2) is 13.4. The minimum Gasteiger partial charge on any atom is -0.481 e. The second-order valence-corrected chi connectivity index (χ2v) is 7.62. The topological polar surface area (TPSA) is 208 Å². The second-order valence-electron chi connectivity index (χ2n) is 7.26. The average molecular weight is 485 g/mol. The van der Waals surface area contributed by atoms with E-state index in [1.807, 2.05) is 0 Å². The summed E-state index contributed by atoms with van der Waals surface area (Å²) in [6.07, 6.45) is -2.09. The van der Waals surface area contributed by atoms with E-state index in [0.29, 0.717) is 5.56 Å². The van der Waals surface area contributed by atoms with Gasteiger partial charge in [-0.2, -0.15) is 12.6 Å². The van der Waals surface area contributed by atoms with E-state index in [-0.39, 0.29) is 12.2 Å². The molecule has 0 radical (unpaired) electrons. The van der Waals surface area contributed by atoms with Crippen molar-refractivity contribution in [2.24, 2.45) is 5.73 Å². The molecule has 0 aliphatic carbocycles. The standard InChI is InChI=1S/C20H28N4O8S/c1-10(25)16(21)19(30)22-12(8-15(26)27)17(28)24-14(9-33)18(29)23-13(20(31)32)7-11-5-3-2-4-6-11/h2-6,10,12-14,16,25,33H,7-9,21H2,1H3,(H,22,30)(H,23,29)(H,24,28)(H,26,27)(H,31,32). The van der Waals surface area contributed by atoms with Crippen LogP contribution in [0.3, 0.4) is 0 Å². The van der Waals surface area contributed by atoms with Gasteiger partial charge in [-0.15, -0.1) is 0 Å². The Morgan fingerprint density at radius 3 is 1.91 bits per heavy atom. The number of amides is 3. The summed E-state index contributed by atoms with van der Waals surface area (Å²) in [5, 5.41) is 34.6. The third kappa shape index (κ3) is 9.47. The van der Waals surface area contributed by atoms with Crippen molar-refractivity contribution in [2.75, 3.05) is 5.75 Å². The molecule has 0 heterocycles.